The lowest BCUT2D eigenvalue weighted by atomic mass is 10.2. The first-order valence-electron chi connectivity index (χ1n) is 7.13. The van der Waals surface area contributed by atoms with E-state index in [0.717, 1.165) is 19.3 Å². The molecule has 1 N–H and O–H groups in total. The minimum Gasteiger partial charge on any atom is -0.477 e. The van der Waals surface area contributed by atoms with Crippen LogP contribution in [0.3, 0.4) is 0 Å². The van der Waals surface area contributed by atoms with E-state index >= 15 is 0 Å². The summed E-state index contributed by atoms with van der Waals surface area (Å²) >= 11 is 0. The number of hydrogen-bond donors (Lipinski definition) is 1. The van der Waals surface area contributed by atoms with Crippen LogP contribution in [0.5, 0.6) is 0 Å². The van der Waals surface area contributed by atoms with E-state index in [9.17, 15) is 13.2 Å². The van der Waals surface area contributed by atoms with Crippen molar-refractivity contribution in [3.63, 3.8) is 0 Å². The van der Waals surface area contributed by atoms with E-state index in [0.29, 0.717) is 6.54 Å². The molecule has 0 fully saturated rings. The zero-order valence-electron chi connectivity index (χ0n) is 13.0. The van der Waals surface area contributed by atoms with Crippen LogP contribution in [0.25, 0.3) is 0 Å². The van der Waals surface area contributed by atoms with Crippen molar-refractivity contribution in [1.82, 2.24) is 8.87 Å². The van der Waals surface area contributed by atoms with Crippen molar-refractivity contribution >= 4 is 16.0 Å². The fraction of sp³-hybridized carbons (Fsp3) is 0.643. The predicted molar refractivity (Wildman–Crippen MR) is 80.9 cm³/mol. The maximum absolute atomic E-state index is 12.7. The highest BCUT2D eigenvalue weighted by molar-refractivity contribution is 7.89. The number of carboxylic acid groups (broad SMARTS) is 1. The van der Waals surface area contributed by atoms with Gasteiger partial charge in [-0.1, -0.05) is 19.8 Å². The summed E-state index contributed by atoms with van der Waals surface area (Å²) in [6.45, 7) is 6.16. The summed E-state index contributed by atoms with van der Waals surface area (Å²) in [4.78, 5) is 11.1. The first-order chi connectivity index (χ1) is 9.71. The maximum Gasteiger partial charge on any atom is 0.352 e. The lowest BCUT2D eigenvalue weighted by molar-refractivity contribution is 0.0686. The predicted octanol–water partition coefficient (Wildman–Crippen LogP) is 2.31. The van der Waals surface area contributed by atoms with Crippen LogP contribution in [-0.2, 0) is 17.1 Å². The number of aromatic nitrogens is 1. The highest BCUT2D eigenvalue weighted by Gasteiger charge is 2.28. The molecule has 1 heterocycles. The molecule has 1 aromatic heterocycles. The van der Waals surface area contributed by atoms with Crippen LogP contribution in [0, 0.1) is 0 Å². The number of aromatic carboxylic acids is 1. The molecule has 6 nitrogen and oxygen atoms in total. The molecular weight excluding hydrogens is 292 g/mol. The molecule has 1 aromatic rings. The minimum absolute atomic E-state index is 0.0348. The molecule has 0 aliphatic heterocycles. The monoisotopic (exact) mass is 316 g/mol. The van der Waals surface area contributed by atoms with Crippen LogP contribution < -0.4 is 0 Å². The average molecular weight is 316 g/mol. The molecule has 0 atom stereocenters. The zero-order chi connectivity index (χ0) is 16.2. The molecule has 0 unspecified atom stereocenters. The van der Waals surface area contributed by atoms with Crippen molar-refractivity contribution in [1.29, 1.82) is 0 Å². The SMILES string of the molecule is CCCCCN(C(C)C)S(=O)(=O)c1cc(C(=O)O)n(C)c1. The first kappa shape index (κ1) is 17.7. The molecule has 0 aromatic carbocycles. The van der Waals surface area contributed by atoms with Crippen molar-refractivity contribution in [2.45, 2.75) is 51.0 Å². The third kappa shape index (κ3) is 4.07. The summed E-state index contributed by atoms with van der Waals surface area (Å²) in [6, 6.07) is 1.05. The van der Waals surface area contributed by atoms with Crippen LogP contribution >= 0.6 is 0 Å². The number of nitrogens with zero attached hydrogens (tertiary/aromatic N) is 2. The molecule has 120 valence electrons. The number of sulfonamides is 1. The van der Waals surface area contributed by atoms with Gasteiger partial charge in [0, 0.05) is 25.8 Å². The second-order valence-electron chi connectivity index (χ2n) is 5.39. The summed E-state index contributed by atoms with van der Waals surface area (Å²) in [5.74, 6) is -1.14. The summed E-state index contributed by atoms with van der Waals surface area (Å²) in [5, 5.41) is 9.04. The maximum atomic E-state index is 12.7. The Hall–Kier alpha value is -1.34. The Morgan fingerprint density at radius 2 is 2.00 bits per heavy atom. The van der Waals surface area contributed by atoms with Crippen LogP contribution in [-0.4, -0.2) is 41.0 Å². The van der Waals surface area contributed by atoms with Gasteiger partial charge in [0.2, 0.25) is 10.0 Å². The molecule has 0 bridgehead atoms. The third-order valence-electron chi connectivity index (χ3n) is 3.36. The Morgan fingerprint density at radius 3 is 2.43 bits per heavy atom. The first-order valence-corrected chi connectivity index (χ1v) is 8.57. The van der Waals surface area contributed by atoms with E-state index in [2.05, 4.69) is 6.92 Å². The highest BCUT2D eigenvalue weighted by Crippen LogP contribution is 2.21. The second-order valence-corrected chi connectivity index (χ2v) is 7.28. The van der Waals surface area contributed by atoms with Gasteiger partial charge in [0.25, 0.3) is 0 Å². The highest BCUT2D eigenvalue weighted by atomic mass is 32.2. The molecule has 0 spiro atoms. The summed E-state index contributed by atoms with van der Waals surface area (Å²) in [7, 11) is -2.14. The van der Waals surface area contributed by atoms with Gasteiger partial charge in [-0.2, -0.15) is 4.31 Å². The normalized spacial score (nSPS) is 12.3. The van der Waals surface area contributed by atoms with Crippen molar-refractivity contribution in [2.24, 2.45) is 7.05 Å². The number of hydrogen-bond acceptors (Lipinski definition) is 3. The van der Waals surface area contributed by atoms with Gasteiger partial charge in [-0.05, 0) is 26.3 Å². The second kappa shape index (κ2) is 7.09. The molecule has 0 saturated heterocycles. The number of unbranched alkanes of at least 4 members (excludes halogenated alkanes) is 2. The van der Waals surface area contributed by atoms with Crippen LogP contribution in [0.15, 0.2) is 17.2 Å². The van der Waals surface area contributed by atoms with Crippen molar-refractivity contribution in [3.8, 4) is 0 Å². The van der Waals surface area contributed by atoms with Crippen LogP contribution in [0.1, 0.15) is 50.5 Å². The average Bonchev–Trinajstić information content (AvgIpc) is 2.77. The smallest absolute Gasteiger partial charge is 0.352 e. The molecule has 1 rings (SSSR count). The minimum atomic E-state index is -3.67. The van der Waals surface area contributed by atoms with Crippen molar-refractivity contribution in [2.75, 3.05) is 6.54 Å². The molecule has 0 radical (unpaired) electrons. The largest absolute Gasteiger partial charge is 0.477 e. The van der Waals surface area contributed by atoms with Gasteiger partial charge >= 0.3 is 5.97 Å². The fourth-order valence-electron chi connectivity index (χ4n) is 2.20. The Bertz CT molecular complexity index is 590. The van der Waals surface area contributed by atoms with Crippen molar-refractivity contribution < 1.29 is 18.3 Å². The summed E-state index contributed by atoms with van der Waals surface area (Å²) in [6.07, 6.45) is 4.13. The molecule has 0 aliphatic carbocycles. The van der Waals surface area contributed by atoms with Gasteiger partial charge in [-0.25, -0.2) is 13.2 Å². The van der Waals surface area contributed by atoms with Gasteiger partial charge < -0.3 is 9.67 Å². The van der Waals surface area contributed by atoms with Gasteiger partial charge in [0.05, 0.1) is 0 Å². The molecule has 0 amide bonds. The van der Waals surface area contributed by atoms with E-state index < -0.39 is 16.0 Å². The molecular formula is C14H24N2O4S. The number of carboxylic acids is 1. The van der Waals surface area contributed by atoms with Gasteiger partial charge in [-0.3, -0.25) is 0 Å². The third-order valence-corrected chi connectivity index (χ3v) is 5.40. The van der Waals surface area contributed by atoms with Gasteiger partial charge in [0.15, 0.2) is 0 Å². The quantitative estimate of drug-likeness (QED) is 0.746. The van der Waals surface area contributed by atoms with Crippen LogP contribution in [0.2, 0.25) is 0 Å². The summed E-state index contributed by atoms with van der Waals surface area (Å²) in [5.41, 5.74) is -0.0363. The molecule has 0 saturated carbocycles. The molecule has 0 aliphatic rings. The van der Waals surface area contributed by atoms with E-state index in [-0.39, 0.29) is 16.6 Å². The Labute approximate surface area is 126 Å². The van der Waals surface area contributed by atoms with Crippen molar-refractivity contribution in [3.05, 3.63) is 18.0 Å². The zero-order valence-corrected chi connectivity index (χ0v) is 13.9. The molecule has 21 heavy (non-hydrogen) atoms. The number of aryl methyl sites for hydroxylation is 1. The van der Waals surface area contributed by atoms with E-state index in [1.165, 1.54) is 28.2 Å². The Kier molecular flexibility index (Phi) is 5.98. The lowest BCUT2D eigenvalue weighted by Gasteiger charge is -2.25. The summed E-state index contributed by atoms with van der Waals surface area (Å²) < 4.78 is 28.1. The Balaban J connectivity index is 3.11. The van der Waals surface area contributed by atoms with E-state index in [4.69, 9.17) is 5.11 Å². The van der Waals surface area contributed by atoms with E-state index in [1.54, 1.807) is 0 Å². The number of rotatable bonds is 8. The van der Waals surface area contributed by atoms with Crippen LogP contribution in [0.4, 0.5) is 0 Å². The fourth-order valence-corrected chi connectivity index (χ4v) is 3.94. The van der Waals surface area contributed by atoms with Gasteiger partial charge in [0.1, 0.15) is 10.6 Å². The van der Waals surface area contributed by atoms with Gasteiger partial charge in [-0.15, -0.1) is 0 Å². The Morgan fingerprint density at radius 1 is 1.38 bits per heavy atom. The topological polar surface area (TPSA) is 79.6 Å². The number of carbonyl (C=O) groups is 1. The van der Waals surface area contributed by atoms with E-state index in [1.807, 2.05) is 13.8 Å². The standard InChI is InChI=1S/C14H24N2O4S/c1-5-6-7-8-16(11(2)3)21(19,20)12-9-13(14(17)18)15(4)10-12/h9-11H,5-8H2,1-4H3,(H,17,18). The lowest BCUT2D eigenvalue weighted by Crippen LogP contribution is -2.37. The molecule has 7 heteroatoms.